The Morgan fingerprint density at radius 2 is 1.53 bits per heavy atom. The number of esters is 1. The summed E-state index contributed by atoms with van der Waals surface area (Å²) in [7, 11) is 0. The maximum absolute atomic E-state index is 12.1. The molecule has 2 aromatic rings. The third-order valence-corrected chi connectivity index (χ3v) is 4.69. The largest absolute Gasteiger partial charge is 0.459 e. The minimum Gasteiger partial charge on any atom is -0.459 e. The highest BCUT2D eigenvalue weighted by molar-refractivity contribution is 5.89. The van der Waals surface area contributed by atoms with Gasteiger partial charge in [0.15, 0.2) is 12.4 Å². The summed E-state index contributed by atoms with van der Waals surface area (Å²) in [5, 5.41) is 30.6. The Labute approximate surface area is 172 Å². The van der Waals surface area contributed by atoms with Crippen LogP contribution in [0.1, 0.15) is 22.0 Å². The molecular weight excluding hydrogens is 394 g/mol. The van der Waals surface area contributed by atoms with Crippen molar-refractivity contribution in [2.75, 3.05) is 6.61 Å². The average Bonchev–Trinajstić information content (AvgIpc) is 2.77. The molecule has 30 heavy (non-hydrogen) atoms. The van der Waals surface area contributed by atoms with Crippen molar-refractivity contribution >= 4 is 11.9 Å². The molecule has 0 bridgehead atoms. The van der Waals surface area contributed by atoms with Gasteiger partial charge in [-0.15, -0.1) is 0 Å². The zero-order valence-electron chi connectivity index (χ0n) is 15.9. The minimum atomic E-state index is -1.66. The SMILES string of the molecule is NC(=O)C(OC1OC(COC(=O)c2ccccc2)C(O)C(O)C1O)c1ccccc1. The molecule has 0 spiro atoms. The van der Waals surface area contributed by atoms with E-state index >= 15 is 0 Å². The van der Waals surface area contributed by atoms with Crippen LogP contribution in [-0.4, -0.2) is 64.5 Å². The Bertz CT molecular complexity index is 847. The van der Waals surface area contributed by atoms with E-state index in [9.17, 15) is 24.9 Å². The van der Waals surface area contributed by atoms with Crippen molar-refractivity contribution in [2.45, 2.75) is 36.8 Å². The molecule has 160 valence electrons. The Kier molecular flexibility index (Phi) is 7.14. The zero-order valence-corrected chi connectivity index (χ0v) is 15.9. The Hall–Kier alpha value is -2.82. The second-order valence-electron chi connectivity index (χ2n) is 6.81. The Morgan fingerprint density at radius 3 is 2.13 bits per heavy atom. The van der Waals surface area contributed by atoms with Gasteiger partial charge in [-0.25, -0.2) is 4.79 Å². The molecule has 1 aliphatic rings. The van der Waals surface area contributed by atoms with Crippen molar-refractivity contribution in [3.63, 3.8) is 0 Å². The number of carbonyl (C=O) groups excluding carboxylic acids is 2. The number of hydrogen-bond donors (Lipinski definition) is 4. The summed E-state index contributed by atoms with van der Waals surface area (Å²) >= 11 is 0. The van der Waals surface area contributed by atoms with Gasteiger partial charge < -0.3 is 35.3 Å². The summed E-state index contributed by atoms with van der Waals surface area (Å²) in [6.45, 7) is -0.412. The van der Waals surface area contributed by atoms with Crippen molar-refractivity contribution in [3.8, 4) is 0 Å². The number of hydrogen-bond acceptors (Lipinski definition) is 8. The number of ether oxygens (including phenoxy) is 3. The van der Waals surface area contributed by atoms with Crippen LogP contribution in [-0.2, 0) is 19.0 Å². The molecule has 2 aromatic carbocycles. The van der Waals surface area contributed by atoms with Gasteiger partial charge in [0.25, 0.3) is 5.91 Å². The van der Waals surface area contributed by atoms with E-state index in [0.29, 0.717) is 11.1 Å². The fourth-order valence-electron chi connectivity index (χ4n) is 3.05. The summed E-state index contributed by atoms with van der Waals surface area (Å²) in [4.78, 5) is 24.0. The van der Waals surface area contributed by atoms with Crippen LogP contribution < -0.4 is 5.73 Å². The molecule has 1 aliphatic heterocycles. The second kappa shape index (κ2) is 9.79. The predicted octanol–water partition coefficient (Wildman–Crippen LogP) is -0.106. The third kappa shape index (κ3) is 5.02. The van der Waals surface area contributed by atoms with Gasteiger partial charge in [-0.3, -0.25) is 4.79 Å². The summed E-state index contributed by atoms with van der Waals surface area (Å²) in [6.07, 6.45) is -8.83. The number of aliphatic hydroxyl groups excluding tert-OH is 3. The maximum atomic E-state index is 12.1. The molecule has 6 unspecified atom stereocenters. The van der Waals surface area contributed by atoms with Gasteiger partial charge in [-0.2, -0.15) is 0 Å². The number of benzene rings is 2. The van der Waals surface area contributed by atoms with Gasteiger partial charge in [0.05, 0.1) is 5.56 Å². The molecule has 0 aliphatic carbocycles. The molecule has 1 heterocycles. The van der Waals surface area contributed by atoms with Crippen LogP contribution >= 0.6 is 0 Å². The first-order chi connectivity index (χ1) is 14.4. The standard InChI is InChI=1S/C21H23NO8/c22-19(26)18(12-7-3-1-4-8-12)30-21-17(25)16(24)15(23)14(29-21)11-28-20(27)13-9-5-2-6-10-13/h1-10,14-18,21,23-25H,11H2,(H2,22,26). The van der Waals surface area contributed by atoms with E-state index in [1.54, 1.807) is 60.7 Å². The molecule has 3 rings (SSSR count). The topological polar surface area (TPSA) is 149 Å². The van der Waals surface area contributed by atoms with Crippen LogP contribution in [0.4, 0.5) is 0 Å². The molecule has 9 heteroatoms. The van der Waals surface area contributed by atoms with Crippen LogP contribution in [0.3, 0.4) is 0 Å². The lowest BCUT2D eigenvalue weighted by atomic mass is 9.99. The molecule has 9 nitrogen and oxygen atoms in total. The van der Waals surface area contributed by atoms with E-state index in [1.807, 2.05) is 0 Å². The lowest BCUT2D eigenvalue weighted by Crippen LogP contribution is -2.59. The van der Waals surface area contributed by atoms with Gasteiger partial charge >= 0.3 is 5.97 Å². The van der Waals surface area contributed by atoms with Crippen LogP contribution in [0.2, 0.25) is 0 Å². The molecule has 5 N–H and O–H groups in total. The number of amides is 1. The normalized spacial score (nSPS) is 27.2. The monoisotopic (exact) mass is 417 g/mol. The van der Waals surface area contributed by atoms with Crippen molar-refractivity contribution in [1.82, 2.24) is 0 Å². The van der Waals surface area contributed by atoms with Crippen LogP contribution in [0, 0.1) is 0 Å². The molecular formula is C21H23NO8. The minimum absolute atomic E-state index is 0.300. The number of rotatable bonds is 7. The van der Waals surface area contributed by atoms with Crippen LogP contribution in [0.25, 0.3) is 0 Å². The fraction of sp³-hybridized carbons (Fsp3) is 0.333. The number of nitrogens with two attached hydrogens (primary N) is 1. The Balaban J connectivity index is 1.69. The van der Waals surface area contributed by atoms with Gasteiger partial charge in [0, 0.05) is 0 Å². The summed E-state index contributed by atoms with van der Waals surface area (Å²) in [5.74, 6) is -1.48. The van der Waals surface area contributed by atoms with Crippen LogP contribution in [0.15, 0.2) is 60.7 Å². The van der Waals surface area contributed by atoms with E-state index in [4.69, 9.17) is 19.9 Å². The number of primary amides is 1. The number of aliphatic hydroxyl groups is 3. The predicted molar refractivity (Wildman–Crippen MR) is 103 cm³/mol. The highest BCUT2D eigenvalue weighted by Gasteiger charge is 2.46. The van der Waals surface area contributed by atoms with Gasteiger partial charge in [-0.1, -0.05) is 48.5 Å². The van der Waals surface area contributed by atoms with E-state index in [-0.39, 0.29) is 0 Å². The first-order valence-electron chi connectivity index (χ1n) is 9.30. The Morgan fingerprint density at radius 1 is 0.933 bits per heavy atom. The van der Waals surface area contributed by atoms with Crippen LogP contribution in [0.5, 0.6) is 0 Å². The highest BCUT2D eigenvalue weighted by atomic mass is 16.7. The van der Waals surface area contributed by atoms with Gasteiger partial charge in [0.1, 0.15) is 31.0 Å². The quantitative estimate of drug-likeness (QED) is 0.456. The lowest BCUT2D eigenvalue weighted by Gasteiger charge is -2.40. The van der Waals surface area contributed by atoms with Crippen molar-refractivity contribution in [2.24, 2.45) is 5.73 Å². The lowest BCUT2D eigenvalue weighted by molar-refractivity contribution is -0.309. The van der Waals surface area contributed by atoms with E-state index < -0.39 is 55.3 Å². The first kappa shape index (κ1) is 21.9. The molecule has 0 saturated carbocycles. The smallest absolute Gasteiger partial charge is 0.338 e. The van der Waals surface area contributed by atoms with E-state index in [2.05, 4.69) is 0 Å². The van der Waals surface area contributed by atoms with Crippen molar-refractivity contribution < 1.29 is 39.1 Å². The molecule has 1 amide bonds. The maximum Gasteiger partial charge on any atom is 0.338 e. The number of carbonyl (C=O) groups is 2. The molecule has 1 saturated heterocycles. The van der Waals surface area contributed by atoms with E-state index in [1.165, 1.54) is 0 Å². The second-order valence-corrected chi connectivity index (χ2v) is 6.81. The van der Waals surface area contributed by atoms with Gasteiger partial charge in [0.2, 0.25) is 0 Å². The van der Waals surface area contributed by atoms with Crippen molar-refractivity contribution in [1.29, 1.82) is 0 Å². The first-order valence-corrected chi connectivity index (χ1v) is 9.30. The van der Waals surface area contributed by atoms with E-state index in [0.717, 1.165) is 0 Å². The molecule has 1 fully saturated rings. The molecule has 6 atom stereocenters. The fourth-order valence-corrected chi connectivity index (χ4v) is 3.05. The average molecular weight is 417 g/mol. The zero-order chi connectivity index (χ0) is 21.7. The third-order valence-electron chi connectivity index (χ3n) is 4.69. The van der Waals surface area contributed by atoms with Crippen molar-refractivity contribution in [3.05, 3.63) is 71.8 Å². The molecule has 0 aromatic heterocycles. The summed E-state index contributed by atoms with van der Waals surface area (Å²) in [5.41, 5.74) is 6.13. The summed E-state index contributed by atoms with van der Waals surface area (Å²) < 4.78 is 16.2. The highest BCUT2D eigenvalue weighted by Crippen LogP contribution is 2.27. The molecule has 0 radical (unpaired) electrons. The van der Waals surface area contributed by atoms with Gasteiger partial charge in [-0.05, 0) is 17.7 Å². The summed E-state index contributed by atoms with van der Waals surface area (Å²) in [6, 6.07) is 16.5.